The summed E-state index contributed by atoms with van der Waals surface area (Å²) in [6.45, 7) is 0. The van der Waals surface area contributed by atoms with Crippen molar-refractivity contribution in [3.8, 4) is 0 Å². The van der Waals surface area contributed by atoms with Crippen LogP contribution in [-0.2, 0) is 5.75 Å². The van der Waals surface area contributed by atoms with E-state index in [2.05, 4.69) is 38.5 Å². The highest BCUT2D eigenvalue weighted by molar-refractivity contribution is 8.00. The summed E-state index contributed by atoms with van der Waals surface area (Å²) in [6, 6.07) is 10.2. The van der Waals surface area contributed by atoms with Crippen LogP contribution in [0.1, 0.15) is 5.56 Å². The molecule has 0 aliphatic rings. The predicted molar refractivity (Wildman–Crippen MR) is 65.7 cm³/mol. The molecule has 3 nitrogen and oxygen atoms in total. The third-order valence-electron chi connectivity index (χ3n) is 2.19. The van der Waals surface area contributed by atoms with Gasteiger partial charge < -0.3 is 0 Å². The minimum absolute atomic E-state index is 0.810. The van der Waals surface area contributed by atoms with Gasteiger partial charge in [-0.1, -0.05) is 12.1 Å². The summed E-state index contributed by atoms with van der Waals surface area (Å²) >= 11 is 3.59. The molecule has 0 fully saturated rings. The van der Waals surface area contributed by atoms with Gasteiger partial charge in [0.05, 0.1) is 4.21 Å². The molecule has 0 aliphatic carbocycles. The van der Waals surface area contributed by atoms with Gasteiger partial charge in [-0.15, -0.1) is 23.1 Å². The van der Waals surface area contributed by atoms with E-state index >= 15 is 0 Å². The van der Waals surface area contributed by atoms with Crippen LogP contribution >= 0.6 is 23.1 Å². The lowest BCUT2D eigenvalue weighted by Gasteiger charge is -1.98. The average Bonchev–Trinajstić information content (AvgIpc) is 2.97. The van der Waals surface area contributed by atoms with Crippen molar-refractivity contribution in [1.82, 2.24) is 10.3 Å². The minimum atomic E-state index is 0.810. The fraction of sp³-hybridized carbons (Fsp3) is 0.0909. The van der Waals surface area contributed by atoms with Crippen LogP contribution in [0, 0.1) is 0 Å². The SMILES string of the molecule is c1csc(SCc2ccc3nonc3c2)c1. The van der Waals surface area contributed by atoms with E-state index in [4.69, 9.17) is 0 Å². The number of benzene rings is 1. The highest BCUT2D eigenvalue weighted by atomic mass is 32.2. The first-order valence-electron chi connectivity index (χ1n) is 4.79. The van der Waals surface area contributed by atoms with E-state index in [-0.39, 0.29) is 0 Å². The molecule has 80 valence electrons. The molecule has 2 aromatic heterocycles. The zero-order valence-corrected chi connectivity index (χ0v) is 9.92. The summed E-state index contributed by atoms with van der Waals surface area (Å²) in [5, 5.41) is 9.70. The van der Waals surface area contributed by atoms with Crippen LogP contribution in [0.5, 0.6) is 0 Å². The molecule has 3 aromatic rings. The lowest BCUT2D eigenvalue weighted by Crippen LogP contribution is -1.79. The van der Waals surface area contributed by atoms with Gasteiger partial charge in [0.2, 0.25) is 0 Å². The normalized spacial score (nSPS) is 11.0. The summed E-state index contributed by atoms with van der Waals surface area (Å²) in [4.78, 5) is 0. The number of thiophene rings is 1. The van der Waals surface area contributed by atoms with Gasteiger partial charge in [-0.3, -0.25) is 0 Å². The summed E-state index contributed by atoms with van der Waals surface area (Å²) in [6.07, 6.45) is 0. The number of aromatic nitrogens is 2. The van der Waals surface area contributed by atoms with Gasteiger partial charge in [-0.25, -0.2) is 4.63 Å². The standard InChI is InChI=1S/C11H8N2OS2/c1-2-11(15-5-1)16-7-8-3-4-9-10(6-8)13-14-12-9/h1-6H,7H2. The maximum absolute atomic E-state index is 4.67. The topological polar surface area (TPSA) is 38.9 Å². The fourth-order valence-electron chi connectivity index (χ4n) is 1.42. The molecular formula is C11H8N2OS2. The lowest BCUT2D eigenvalue weighted by atomic mass is 10.2. The summed E-state index contributed by atoms with van der Waals surface area (Å²) in [7, 11) is 0. The van der Waals surface area contributed by atoms with E-state index in [1.54, 1.807) is 11.3 Å². The van der Waals surface area contributed by atoms with Crippen LogP contribution in [0.4, 0.5) is 0 Å². The van der Waals surface area contributed by atoms with Crippen LogP contribution in [0.15, 0.2) is 44.6 Å². The molecule has 3 rings (SSSR count). The molecule has 0 amide bonds. The highest BCUT2D eigenvalue weighted by Gasteiger charge is 2.02. The highest BCUT2D eigenvalue weighted by Crippen LogP contribution is 2.27. The number of hydrogen-bond donors (Lipinski definition) is 0. The van der Waals surface area contributed by atoms with Gasteiger partial charge in [0.25, 0.3) is 0 Å². The van der Waals surface area contributed by atoms with Gasteiger partial charge in [0.15, 0.2) is 0 Å². The summed E-state index contributed by atoms with van der Waals surface area (Å²) in [5.41, 5.74) is 2.87. The second-order valence-corrected chi connectivity index (χ2v) is 5.53. The van der Waals surface area contributed by atoms with Gasteiger partial charge in [0.1, 0.15) is 11.0 Å². The van der Waals surface area contributed by atoms with Crippen molar-refractivity contribution in [2.75, 3.05) is 0 Å². The molecular weight excluding hydrogens is 240 g/mol. The monoisotopic (exact) mass is 248 g/mol. The number of hydrogen-bond acceptors (Lipinski definition) is 5. The van der Waals surface area contributed by atoms with Gasteiger partial charge in [-0.05, 0) is 39.5 Å². The van der Waals surface area contributed by atoms with Crippen LogP contribution < -0.4 is 0 Å². The molecule has 0 N–H and O–H groups in total. The van der Waals surface area contributed by atoms with Crippen LogP contribution in [0.2, 0.25) is 0 Å². The Labute approximate surface area is 100 Å². The lowest BCUT2D eigenvalue weighted by molar-refractivity contribution is 0.315. The second kappa shape index (κ2) is 4.27. The van der Waals surface area contributed by atoms with Gasteiger partial charge in [0, 0.05) is 5.75 Å². The van der Waals surface area contributed by atoms with E-state index in [0.717, 1.165) is 16.8 Å². The van der Waals surface area contributed by atoms with Crippen molar-refractivity contribution in [3.05, 3.63) is 41.3 Å². The van der Waals surface area contributed by atoms with Crippen molar-refractivity contribution in [3.63, 3.8) is 0 Å². The van der Waals surface area contributed by atoms with Crippen molar-refractivity contribution >= 4 is 34.1 Å². The van der Waals surface area contributed by atoms with Crippen molar-refractivity contribution in [2.45, 2.75) is 9.96 Å². The third kappa shape index (κ3) is 1.96. The number of fused-ring (bicyclic) bond motifs is 1. The maximum Gasteiger partial charge on any atom is 0.135 e. The third-order valence-corrected chi connectivity index (χ3v) is 4.40. The Balaban J connectivity index is 1.78. The molecule has 0 saturated heterocycles. The van der Waals surface area contributed by atoms with Crippen LogP contribution in [0.3, 0.4) is 0 Å². The number of thioether (sulfide) groups is 1. The first-order valence-corrected chi connectivity index (χ1v) is 6.66. The Morgan fingerprint density at radius 3 is 3.00 bits per heavy atom. The maximum atomic E-state index is 4.67. The molecule has 0 saturated carbocycles. The second-order valence-electron chi connectivity index (χ2n) is 3.31. The molecule has 16 heavy (non-hydrogen) atoms. The van der Waals surface area contributed by atoms with Gasteiger partial charge in [-0.2, -0.15) is 0 Å². The minimum Gasteiger partial charge on any atom is -0.243 e. The molecule has 5 heteroatoms. The fourth-order valence-corrected chi connectivity index (χ4v) is 3.14. The van der Waals surface area contributed by atoms with Crippen molar-refractivity contribution in [1.29, 1.82) is 0 Å². The molecule has 0 bridgehead atoms. The van der Waals surface area contributed by atoms with Gasteiger partial charge >= 0.3 is 0 Å². The molecule has 0 atom stereocenters. The molecule has 0 aliphatic heterocycles. The van der Waals surface area contributed by atoms with E-state index < -0.39 is 0 Å². The van der Waals surface area contributed by atoms with E-state index in [1.807, 2.05) is 23.9 Å². The van der Waals surface area contributed by atoms with Crippen molar-refractivity contribution < 1.29 is 4.63 Å². The number of rotatable bonds is 3. The Hall–Kier alpha value is -1.33. The Kier molecular flexibility index (Phi) is 2.63. The first-order chi connectivity index (χ1) is 7.92. The van der Waals surface area contributed by atoms with E-state index in [1.165, 1.54) is 9.77 Å². The predicted octanol–water partition coefficient (Wildman–Crippen LogP) is 3.58. The van der Waals surface area contributed by atoms with Crippen molar-refractivity contribution in [2.24, 2.45) is 0 Å². The molecule has 2 heterocycles. The molecule has 0 spiro atoms. The Morgan fingerprint density at radius 1 is 1.19 bits per heavy atom. The van der Waals surface area contributed by atoms with Crippen LogP contribution in [-0.4, -0.2) is 10.3 Å². The average molecular weight is 248 g/mol. The first kappa shape index (κ1) is 9.86. The number of nitrogens with zero attached hydrogens (tertiary/aromatic N) is 2. The zero-order chi connectivity index (χ0) is 10.8. The smallest absolute Gasteiger partial charge is 0.135 e. The molecule has 1 aromatic carbocycles. The van der Waals surface area contributed by atoms with E-state index in [9.17, 15) is 0 Å². The largest absolute Gasteiger partial charge is 0.243 e. The summed E-state index contributed by atoms with van der Waals surface area (Å²) in [5.74, 6) is 0.948. The zero-order valence-electron chi connectivity index (χ0n) is 8.29. The molecule has 0 unspecified atom stereocenters. The Bertz CT molecular complexity index is 589. The summed E-state index contributed by atoms with van der Waals surface area (Å²) < 4.78 is 6.00. The van der Waals surface area contributed by atoms with Crippen LogP contribution in [0.25, 0.3) is 11.0 Å². The Morgan fingerprint density at radius 2 is 2.12 bits per heavy atom. The quantitative estimate of drug-likeness (QED) is 0.664. The molecule has 0 radical (unpaired) electrons. The van der Waals surface area contributed by atoms with E-state index in [0.29, 0.717) is 0 Å².